The Bertz CT molecular complexity index is 367. The van der Waals surface area contributed by atoms with Crippen LogP contribution in [0.15, 0.2) is 10.7 Å². The van der Waals surface area contributed by atoms with Gasteiger partial charge in [-0.3, -0.25) is 0 Å². The average molecular weight is 285 g/mol. The van der Waals surface area contributed by atoms with Crippen LogP contribution in [0.2, 0.25) is 0 Å². The second-order valence-electron chi connectivity index (χ2n) is 2.65. The molecule has 0 unspecified atom stereocenters. The number of methoxy groups -OCH3 is 1. The van der Waals surface area contributed by atoms with Crippen LogP contribution >= 0.6 is 0 Å². The summed E-state index contributed by atoms with van der Waals surface area (Å²) in [5.74, 6) is -1.54. The maximum absolute atomic E-state index is 11.2. The zero-order chi connectivity index (χ0) is 13.5. The summed E-state index contributed by atoms with van der Waals surface area (Å²) in [6, 6.07) is 0. The fourth-order valence-corrected chi connectivity index (χ4v) is 1.90. The van der Waals surface area contributed by atoms with E-state index in [-0.39, 0.29) is 15.6 Å². The zero-order valence-electron chi connectivity index (χ0n) is 9.11. The monoisotopic (exact) mass is 285 g/mol. The molecule has 0 atom stereocenters. The molecule has 8 heteroatoms. The molecule has 17 heavy (non-hydrogen) atoms. The van der Waals surface area contributed by atoms with Gasteiger partial charge in [-0.1, -0.05) is 0 Å². The van der Waals surface area contributed by atoms with Crippen LogP contribution in [-0.4, -0.2) is 34.5 Å². The number of esters is 1. The molecule has 0 aliphatic rings. The molecule has 0 saturated heterocycles. The van der Waals surface area contributed by atoms with E-state index < -0.39 is 30.4 Å². The molecular formula is C9H11FeNO6. The Morgan fingerprint density at radius 3 is 1.88 bits per heavy atom. The van der Waals surface area contributed by atoms with Crippen molar-refractivity contribution in [2.75, 3.05) is 7.11 Å². The van der Waals surface area contributed by atoms with E-state index in [0.717, 1.165) is 19.0 Å². The molecule has 0 fully saturated rings. The van der Waals surface area contributed by atoms with E-state index in [1.807, 2.05) is 0 Å². The number of nitrogens with one attached hydrogen (secondary N) is 1. The second-order valence-corrected chi connectivity index (χ2v) is 5.95. The molecule has 0 bridgehead atoms. The first-order valence-electron chi connectivity index (χ1n) is 4.08. The Labute approximate surface area is 99.4 Å². The van der Waals surface area contributed by atoms with Crippen LogP contribution in [-0.2, 0) is 41.6 Å². The SMILES string of the molecule is COC(=O)C(=[CH][Fe]([CH]=O)([CH]=O)[CH]=O)NC(C)=O. The van der Waals surface area contributed by atoms with Gasteiger partial charge in [-0.25, -0.2) is 0 Å². The van der Waals surface area contributed by atoms with E-state index >= 15 is 0 Å². The van der Waals surface area contributed by atoms with Gasteiger partial charge in [0.05, 0.1) is 0 Å². The summed E-state index contributed by atoms with van der Waals surface area (Å²) in [6.07, 6.45) is 0. The first kappa shape index (κ1) is 15.2. The first-order valence-corrected chi connectivity index (χ1v) is 6.63. The van der Waals surface area contributed by atoms with E-state index in [0.29, 0.717) is 0 Å². The summed E-state index contributed by atoms with van der Waals surface area (Å²) >= 11 is -3.49. The summed E-state index contributed by atoms with van der Waals surface area (Å²) in [5.41, 5.74) is -0.397. The molecule has 0 radical (unpaired) electrons. The van der Waals surface area contributed by atoms with Crippen molar-refractivity contribution in [3.63, 3.8) is 0 Å². The average Bonchev–Trinajstić information content (AvgIpc) is 2.33. The summed E-state index contributed by atoms with van der Waals surface area (Å²) in [5, 5.41) is 2.63. The van der Waals surface area contributed by atoms with Crippen molar-refractivity contribution in [3.05, 3.63) is 10.7 Å². The van der Waals surface area contributed by atoms with Gasteiger partial charge >= 0.3 is 99.0 Å². The van der Waals surface area contributed by atoms with Crippen LogP contribution < -0.4 is 5.32 Å². The van der Waals surface area contributed by atoms with Crippen LogP contribution in [0, 0.1) is 0 Å². The molecule has 7 nitrogen and oxygen atoms in total. The predicted octanol–water partition coefficient (Wildman–Crippen LogP) is -1.14. The third-order valence-corrected chi connectivity index (χ3v) is 3.65. The van der Waals surface area contributed by atoms with Gasteiger partial charge in [0, 0.05) is 0 Å². The third kappa shape index (κ3) is 4.29. The molecule has 0 aromatic rings. The standard InChI is InChI=1S/C6H8NO3.3CHO.Fe/c1-4(6(9)10-3)7-5(2)8;3*1-2;/h1H,2-3H3,(H,7,8);3*1H;. The van der Waals surface area contributed by atoms with E-state index in [2.05, 4.69) is 10.1 Å². The number of amides is 1. The molecule has 0 aromatic heterocycles. The zero-order valence-corrected chi connectivity index (χ0v) is 10.2. The molecule has 0 aromatic carbocycles. The predicted molar refractivity (Wildman–Crippen MR) is 54.2 cm³/mol. The minimum atomic E-state index is -3.49. The molecule has 0 aliphatic carbocycles. The normalized spacial score (nSPS) is 12.2. The van der Waals surface area contributed by atoms with Crippen molar-refractivity contribution >= 4 is 27.4 Å². The van der Waals surface area contributed by atoms with Crippen molar-refractivity contribution in [2.24, 2.45) is 0 Å². The Hall–Kier alpha value is -1.79. The van der Waals surface area contributed by atoms with E-state index in [9.17, 15) is 24.0 Å². The number of hydrogen-bond donors (Lipinski definition) is 1. The molecule has 0 spiro atoms. The molecule has 1 amide bonds. The number of ether oxygens (including phenoxy) is 1. The van der Waals surface area contributed by atoms with Crippen LogP contribution in [0.3, 0.4) is 0 Å². The number of carbonyl (C=O) groups excluding carboxylic acids is 5. The molecule has 96 valence electrons. The Kier molecular flexibility index (Phi) is 6.01. The van der Waals surface area contributed by atoms with Gasteiger partial charge in [0.25, 0.3) is 0 Å². The molecule has 1 N–H and O–H groups in total. The van der Waals surface area contributed by atoms with Crippen LogP contribution in [0.25, 0.3) is 0 Å². The van der Waals surface area contributed by atoms with Crippen molar-refractivity contribution < 1.29 is 41.6 Å². The van der Waals surface area contributed by atoms with E-state index in [1.165, 1.54) is 0 Å². The Morgan fingerprint density at radius 2 is 1.59 bits per heavy atom. The summed E-state index contributed by atoms with van der Waals surface area (Å²) in [4.78, 5) is 55.0. The second kappa shape index (κ2) is 6.72. The van der Waals surface area contributed by atoms with Gasteiger partial charge in [-0.2, -0.15) is 0 Å². The molecule has 0 rings (SSSR count). The minimum absolute atomic E-state index is 0.178. The number of hydrogen-bond acceptors (Lipinski definition) is 6. The van der Waals surface area contributed by atoms with E-state index in [1.54, 1.807) is 0 Å². The molecule has 0 saturated carbocycles. The quantitative estimate of drug-likeness (QED) is 0.286. The number of rotatable bonds is 6. The molecule has 0 aliphatic heterocycles. The van der Waals surface area contributed by atoms with Crippen molar-refractivity contribution in [1.29, 1.82) is 0 Å². The van der Waals surface area contributed by atoms with Crippen LogP contribution in [0.5, 0.6) is 0 Å². The molecular weight excluding hydrogens is 274 g/mol. The van der Waals surface area contributed by atoms with Crippen molar-refractivity contribution in [1.82, 2.24) is 5.32 Å². The van der Waals surface area contributed by atoms with Gasteiger partial charge < -0.3 is 0 Å². The Morgan fingerprint density at radius 1 is 1.12 bits per heavy atom. The topological polar surface area (TPSA) is 107 Å². The van der Waals surface area contributed by atoms with Crippen molar-refractivity contribution in [3.8, 4) is 0 Å². The summed E-state index contributed by atoms with van der Waals surface area (Å²) < 4.78 is 4.34. The summed E-state index contributed by atoms with van der Waals surface area (Å²) in [6.45, 7) is 1.13. The summed E-state index contributed by atoms with van der Waals surface area (Å²) in [7, 11) is 1.06. The van der Waals surface area contributed by atoms with Crippen LogP contribution in [0.1, 0.15) is 6.92 Å². The fourth-order valence-electron chi connectivity index (χ4n) is 0.726. The Balaban J connectivity index is 5.47. The van der Waals surface area contributed by atoms with Gasteiger partial charge in [0.2, 0.25) is 0 Å². The number of carbonyl (C=O) groups is 5. The van der Waals surface area contributed by atoms with E-state index in [4.69, 9.17) is 0 Å². The van der Waals surface area contributed by atoms with Crippen molar-refractivity contribution in [2.45, 2.75) is 6.92 Å². The fraction of sp³-hybridized carbons (Fsp3) is 0.222. The first-order chi connectivity index (χ1) is 7.94. The van der Waals surface area contributed by atoms with Gasteiger partial charge in [-0.05, 0) is 0 Å². The van der Waals surface area contributed by atoms with Gasteiger partial charge in [0.15, 0.2) is 0 Å². The van der Waals surface area contributed by atoms with Gasteiger partial charge in [-0.15, -0.1) is 0 Å². The third-order valence-electron chi connectivity index (χ3n) is 1.43. The maximum atomic E-state index is 11.2. The molecule has 0 heterocycles. The van der Waals surface area contributed by atoms with Gasteiger partial charge in [0.1, 0.15) is 0 Å². The van der Waals surface area contributed by atoms with Crippen LogP contribution in [0.4, 0.5) is 0 Å².